The molecule has 0 unspecified atom stereocenters. The summed E-state index contributed by atoms with van der Waals surface area (Å²) in [7, 11) is 0. The minimum atomic E-state index is 0.812. The second kappa shape index (κ2) is 12.6. The highest BCUT2D eigenvalue weighted by atomic mass is 16.3. The van der Waals surface area contributed by atoms with Crippen LogP contribution in [0.4, 0.5) is 17.1 Å². The topological polar surface area (TPSA) is 29.5 Å². The molecule has 0 amide bonds. The molecule has 0 saturated carbocycles. The Morgan fingerprint density at radius 1 is 0.273 bits per heavy atom. The van der Waals surface area contributed by atoms with Crippen molar-refractivity contribution in [1.29, 1.82) is 0 Å². The molecule has 0 radical (unpaired) electrons. The maximum atomic E-state index is 6.84. The summed E-state index contributed by atoms with van der Waals surface area (Å²) in [6, 6.07) is 70.8. The molecule has 0 saturated heterocycles. The van der Waals surface area contributed by atoms with Gasteiger partial charge in [0.15, 0.2) is 0 Å². The van der Waals surface area contributed by atoms with Crippen LogP contribution in [0.25, 0.3) is 88.0 Å². The highest BCUT2D eigenvalue weighted by Gasteiger charge is 2.25. The molecule has 3 nitrogen and oxygen atoms in total. The van der Waals surface area contributed by atoms with E-state index < -0.39 is 0 Å². The van der Waals surface area contributed by atoms with Crippen molar-refractivity contribution in [2.24, 2.45) is 0 Å². The molecule has 0 fully saturated rings. The first-order valence-electron chi connectivity index (χ1n) is 18.7. The summed E-state index contributed by atoms with van der Waals surface area (Å²) >= 11 is 0. The molecule has 0 aliphatic carbocycles. The molecule has 0 aliphatic heterocycles. The van der Waals surface area contributed by atoms with E-state index in [2.05, 4.69) is 199 Å². The molecular weight excluding hydrogens is 671 g/mol. The van der Waals surface area contributed by atoms with Gasteiger partial charge in [0.25, 0.3) is 0 Å². The average molecular weight is 704 g/mol. The SMILES string of the molecule is c1ccc(-c2ccc(-c3ccc(N(c4ccc(-c5ccccc5)cc4)c4cccc5oc6c7ccccc7c7c8ccccc8oc7c6c45)cc3)cc2)cc1. The van der Waals surface area contributed by atoms with Gasteiger partial charge in [-0.2, -0.15) is 0 Å². The van der Waals surface area contributed by atoms with Gasteiger partial charge in [0, 0.05) is 27.5 Å². The third-order valence-electron chi connectivity index (χ3n) is 10.9. The second-order valence-corrected chi connectivity index (χ2v) is 14.0. The minimum Gasteiger partial charge on any atom is -0.455 e. The third-order valence-corrected chi connectivity index (χ3v) is 10.9. The van der Waals surface area contributed by atoms with Crippen LogP contribution in [0.1, 0.15) is 0 Å². The predicted octanol–water partition coefficient (Wildman–Crippen LogP) is 15.1. The molecule has 2 heterocycles. The van der Waals surface area contributed by atoms with Crippen molar-refractivity contribution in [2.45, 2.75) is 0 Å². The first kappa shape index (κ1) is 31.2. The quantitative estimate of drug-likeness (QED) is 0.173. The summed E-state index contributed by atoms with van der Waals surface area (Å²) in [4.78, 5) is 2.35. The van der Waals surface area contributed by atoms with Gasteiger partial charge in [0.05, 0.1) is 16.5 Å². The number of benzene rings is 9. The second-order valence-electron chi connectivity index (χ2n) is 14.0. The lowest BCUT2D eigenvalue weighted by molar-refractivity contribution is 0.665. The van der Waals surface area contributed by atoms with Gasteiger partial charge in [0.2, 0.25) is 0 Å². The van der Waals surface area contributed by atoms with Crippen LogP contribution >= 0.6 is 0 Å². The Morgan fingerprint density at radius 2 is 0.709 bits per heavy atom. The summed E-state index contributed by atoms with van der Waals surface area (Å²) in [6.07, 6.45) is 0. The molecule has 3 heteroatoms. The molecule has 55 heavy (non-hydrogen) atoms. The normalized spacial score (nSPS) is 11.6. The van der Waals surface area contributed by atoms with Crippen molar-refractivity contribution in [1.82, 2.24) is 0 Å². The van der Waals surface area contributed by atoms with Crippen molar-refractivity contribution < 1.29 is 8.83 Å². The van der Waals surface area contributed by atoms with Gasteiger partial charge >= 0.3 is 0 Å². The molecule has 0 spiro atoms. The summed E-state index contributed by atoms with van der Waals surface area (Å²) in [5, 5.41) is 6.40. The van der Waals surface area contributed by atoms with E-state index in [1.165, 1.54) is 27.8 Å². The summed E-state index contributed by atoms with van der Waals surface area (Å²) in [5.41, 5.74) is 13.6. The molecule has 11 aromatic rings. The van der Waals surface area contributed by atoms with Crippen LogP contribution in [0.3, 0.4) is 0 Å². The highest BCUT2D eigenvalue weighted by molar-refractivity contribution is 6.35. The van der Waals surface area contributed by atoms with Crippen molar-refractivity contribution in [3.05, 3.63) is 200 Å². The zero-order chi connectivity index (χ0) is 36.3. The fourth-order valence-electron chi connectivity index (χ4n) is 8.26. The average Bonchev–Trinajstić information content (AvgIpc) is 3.85. The van der Waals surface area contributed by atoms with E-state index in [-0.39, 0.29) is 0 Å². The van der Waals surface area contributed by atoms with Crippen LogP contribution in [0.15, 0.2) is 209 Å². The van der Waals surface area contributed by atoms with Crippen LogP contribution in [-0.2, 0) is 0 Å². The third kappa shape index (κ3) is 5.13. The Morgan fingerprint density at radius 3 is 1.29 bits per heavy atom. The Hall–Kier alpha value is -7.36. The van der Waals surface area contributed by atoms with E-state index >= 15 is 0 Å². The molecule has 0 aliphatic rings. The number of hydrogen-bond acceptors (Lipinski definition) is 3. The van der Waals surface area contributed by atoms with Gasteiger partial charge in [-0.25, -0.2) is 0 Å². The van der Waals surface area contributed by atoms with Gasteiger partial charge in [-0.05, 0) is 81.2 Å². The molecule has 0 atom stereocenters. The lowest BCUT2D eigenvalue weighted by Gasteiger charge is -2.26. The van der Waals surface area contributed by atoms with Crippen LogP contribution in [0.5, 0.6) is 0 Å². The van der Waals surface area contributed by atoms with Crippen molar-refractivity contribution >= 4 is 71.7 Å². The highest BCUT2D eigenvalue weighted by Crippen LogP contribution is 2.49. The molecule has 258 valence electrons. The number of hydrogen-bond donors (Lipinski definition) is 0. The fraction of sp³-hybridized carbons (Fsp3) is 0. The largest absolute Gasteiger partial charge is 0.455 e. The van der Waals surface area contributed by atoms with Crippen LogP contribution in [0.2, 0.25) is 0 Å². The fourth-order valence-corrected chi connectivity index (χ4v) is 8.26. The van der Waals surface area contributed by atoms with Crippen molar-refractivity contribution in [3.63, 3.8) is 0 Å². The minimum absolute atomic E-state index is 0.812. The lowest BCUT2D eigenvalue weighted by atomic mass is 9.98. The van der Waals surface area contributed by atoms with Crippen LogP contribution in [-0.4, -0.2) is 0 Å². The predicted molar refractivity (Wildman–Crippen MR) is 229 cm³/mol. The van der Waals surface area contributed by atoms with Gasteiger partial charge in [-0.3, -0.25) is 0 Å². The summed E-state index contributed by atoms with van der Waals surface area (Å²) < 4.78 is 13.6. The van der Waals surface area contributed by atoms with Crippen LogP contribution in [0, 0.1) is 0 Å². The summed E-state index contributed by atoms with van der Waals surface area (Å²) in [6.45, 7) is 0. The number of furan rings is 2. The zero-order valence-corrected chi connectivity index (χ0v) is 29.8. The molecule has 2 aromatic heterocycles. The Balaban J connectivity index is 1.12. The smallest absolute Gasteiger partial charge is 0.147 e. The van der Waals surface area contributed by atoms with Gasteiger partial charge in [0.1, 0.15) is 22.3 Å². The maximum Gasteiger partial charge on any atom is 0.147 e. The zero-order valence-electron chi connectivity index (χ0n) is 29.8. The molecule has 11 rings (SSSR count). The van der Waals surface area contributed by atoms with Crippen molar-refractivity contribution in [3.8, 4) is 33.4 Å². The Bertz CT molecular complexity index is 3160. The van der Waals surface area contributed by atoms with E-state index in [1.807, 2.05) is 6.07 Å². The first-order chi connectivity index (χ1) is 27.3. The van der Waals surface area contributed by atoms with E-state index in [4.69, 9.17) is 8.83 Å². The number of para-hydroxylation sites is 1. The molecule has 9 aromatic carbocycles. The Labute approximate surface area is 317 Å². The number of anilines is 3. The van der Waals surface area contributed by atoms with E-state index in [0.29, 0.717) is 0 Å². The van der Waals surface area contributed by atoms with E-state index in [0.717, 1.165) is 77.3 Å². The van der Waals surface area contributed by atoms with Crippen molar-refractivity contribution in [2.75, 3.05) is 4.90 Å². The van der Waals surface area contributed by atoms with Gasteiger partial charge < -0.3 is 13.7 Å². The number of fused-ring (bicyclic) bond motifs is 10. The van der Waals surface area contributed by atoms with Gasteiger partial charge in [-0.15, -0.1) is 0 Å². The molecule has 0 N–H and O–H groups in total. The monoisotopic (exact) mass is 703 g/mol. The molecule has 0 bridgehead atoms. The van der Waals surface area contributed by atoms with Crippen LogP contribution < -0.4 is 4.90 Å². The first-order valence-corrected chi connectivity index (χ1v) is 18.7. The standard InChI is InChI=1S/C52H33NO2/c1-3-12-34(13-4-1)36-22-24-37(25-23-36)39-28-32-41(33-29-39)53(40-30-26-38(27-31-40)35-14-5-2-6-15-35)45-19-11-21-47-49(45)50-51(55-47)43-17-8-7-16-42(43)48-44-18-9-10-20-46(44)54-52(48)50/h1-33H. The maximum absolute atomic E-state index is 6.84. The lowest BCUT2D eigenvalue weighted by Crippen LogP contribution is -2.10. The Kier molecular flexibility index (Phi) is 7.17. The van der Waals surface area contributed by atoms with E-state index in [1.54, 1.807) is 0 Å². The number of nitrogens with zero attached hydrogens (tertiary/aromatic N) is 1. The summed E-state index contributed by atoms with van der Waals surface area (Å²) in [5.74, 6) is 0. The van der Waals surface area contributed by atoms with Gasteiger partial charge in [-0.1, -0.05) is 158 Å². The molecular formula is C52H33NO2. The van der Waals surface area contributed by atoms with E-state index in [9.17, 15) is 0 Å². The number of rotatable bonds is 6.